The largest absolute Gasteiger partial charge is 0.417 e. The molecule has 0 saturated heterocycles. The summed E-state index contributed by atoms with van der Waals surface area (Å²) in [6, 6.07) is 2.11. The second kappa shape index (κ2) is 6.48. The number of hydrogen-bond donors (Lipinski definition) is 2. The van der Waals surface area contributed by atoms with Gasteiger partial charge in [0, 0.05) is 17.5 Å². The first-order valence-electron chi connectivity index (χ1n) is 7.09. The summed E-state index contributed by atoms with van der Waals surface area (Å²) in [5.41, 5.74) is 0.666. The van der Waals surface area contributed by atoms with Crippen molar-refractivity contribution < 1.29 is 18.3 Å². The molecule has 0 aliphatic rings. The molecule has 0 amide bonds. The maximum atomic E-state index is 12.5. The molecule has 2 aromatic rings. The number of halogens is 3. The van der Waals surface area contributed by atoms with Gasteiger partial charge in [0.2, 0.25) is 0 Å². The summed E-state index contributed by atoms with van der Waals surface area (Å²) in [4.78, 5) is 3.74. The third-order valence-corrected chi connectivity index (χ3v) is 3.60. The predicted molar refractivity (Wildman–Crippen MR) is 75.2 cm³/mol. The van der Waals surface area contributed by atoms with Crippen molar-refractivity contribution in [2.45, 2.75) is 44.9 Å². The van der Waals surface area contributed by atoms with Crippen LogP contribution in [0.2, 0.25) is 0 Å². The van der Waals surface area contributed by atoms with Gasteiger partial charge in [-0.25, -0.2) is 0 Å². The van der Waals surface area contributed by atoms with Gasteiger partial charge in [0.05, 0.1) is 17.5 Å². The zero-order valence-electron chi connectivity index (χ0n) is 12.4. The Kier molecular flexibility index (Phi) is 4.85. The van der Waals surface area contributed by atoms with Crippen LogP contribution in [0.5, 0.6) is 0 Å². The van der Waals surface area contributed by atoms with Gasteiger partial charge in [-0.15, -0.1) is 0 Å². The van der Waals surface area contributed by atoms with Gasteiger partial charge >= 0.3 is 6.18 Å². The molecule has 4 nitrogen and oxygen atoms in total. The molecule has 7 heteroatoms. The third-order valence-electron chi connectivity index (χ3n) is 3.60. The fourth-order valence-corrected chi connectivity index (χ4v) is 2.39. The maximum absolute atomic E-state index is 12.5. The van der Waals surface area contributed by atoms with E-state index in [2.05, 4.69) is 22.1 Å². The fraction of sp³-hybridized carbons (Fsp3) is 0.467. The Morgan fingerprint density at radius 1 is 1.27 bits per heavy atom. The minimum absolute atomic E-state index is 0.166. The second-order valence-electron chi connectivity index (χ2n) is 5.30. The minimum atomic E-state index is -4.44. The van der Waals surface area contributed by atoms with Crippen molar-refractivity contribution in [1.29, 1.82) is 0 Å². The average molecular weight is 313 g/mol. The van der Waals surface area contributed by atoms with E-state index in [0.717, 1.165) is 30.8 Å². The lowest BCUT2D eigenvalue weighted by molar-refractivity contribution is -0.137. The van der Waals surface area contributed by atoms with Crippen LogP contribution in [-0.4, -0.2) is 20.3 Å². The first kappa shape index (κ1) is 16.5. The number of aromatic nitrogens is 3. The van der Waals surface area contributed by atoms with Gasteiger partial charge in [0.25, 0.3) is 0 Å². The minimum Gasteiger partial charge on any atom is -0.382 e. The van der Waals surface area contributed by atoms with Crippen molar-refractivity contribution in [3.63, 3.8) is 0 Å². The van der Waals surface area contributed by atoms with Gasteiger partial charge in [-0.1, -0.05) is 20.3 Å². The lowest BCUT2D eigenvalue weighted by Crippen LogP contribution is -2.09. The smallest absolute Gasteiger partial charge is 0.382 e. The molecule has 0 bridgehead atoms. The van der Waals surface area contributed by atoms with Crippen LogP contribution >= 0.6 is 0 Å². The maximum Gasteiger partial charge on any atom is 0.417 e. The van der Waals surface area contributed by atoms with Crippen molar-refractivity contribution >= 4 is 0 Å². The number of aromatic amines is 1. The summed E-state index contributed by atoms with van der Waals surface area (Å²) in [5, 5.41) is 17.2. The first-order chi connectivity index (χ1) is 10.3. The van der Waals surface area contributed by atoms with Crippen molar-refractivity contribution in [2.24, 2.45) is 0 Å². The number of rotatable bonds is 5. The van der Waals surface area contributed by atoms with E-state index in [-0.39, 0.29) is 11.6 Å². The fourth-order valence-electron chi connectivity index (χ4n) is 2.39. The molecular formula is C15H18F3N3O. The third kappa shape index (κ3) is 3.47. The Balaban J connectivity index is 2.25. The Labute approximate surface area is 126 Å². The van der Waals surface area contributed by atoms with Crippen LogP contribution < -0.4 is 0 Å². The Hall–Kier alpha value is -1.89. The van der Waals surface area contributed by atoms with Crippen molar-refractivity contribution in [1.82, 2.24) is 15.2 Å². The molecule has 0 aromatic carbocycles. The van der Waals surface area contributed by atoms with Gasteiger partial charge in [-0.2, -0.15) is 18.3 Å². The molecule has 2 atom stereocenters. The molecule has 2 heterocycles. The summed E-state index contributed by atoms with van der Waals surface area (Å²) in [7, 11) is 0. The molecule has 2 aromatic heterocycles. The second-order valence-corrected chi connectivity index (χ2v) is 5.30. The molecule has 2 unspecified atom stereocenters. The molecule has 0 aliphatic carbocycles. The zero-order chi connectivity index (χ0) is 16.3. The van der Waals surface area contributed by atoms with E-state index in [1.807, 2.05) is 6.92 Å². The highest BCUT2D eigenvalue weighted by Gasteiger charge is 2.31. The van der Waals surface area contributed by atoms with E-state index in [4.69, 9.17) is 0 Å². The quantitative estimate of drug-likeness (QED) is 0.882. The number of pyridine rings is 1. The number of H-pyrrole nitrogens is 1. The van der Waals surface area contributed by atoms with Crippen LogP contribution in [0, 0.1) is 0 Å². The summed E-state index contributed by atoms with van der Waals surface area (Å²) < 4.78 is 37.6. The Morgan fingerprint density at radius 2 is 2.00 bits per heavy atom. The van der Waals surface area contributed by atoms with Crippen molar-refractivity contribution in [3.8, 4) is 0 Å². The van der Waals surface area contributed by atoms with Gasteiger partial charge in [-0.3, -0.25) is 10.1 Å². The molecule has 0 radical (unpaired) electrons. The molecule has 22 heavy (non-hydrogen) atoms. The van der Waals surface area contributed by atoms with Crippen LogP contribution in [0.4, 0.5) is 13.2 Å². The van der Waals surface area contributed by atoms with Crippen molar-refractivity contribution in [3.05, 3.63) is 47.0 Å². The zero-order valence-corrected chi connectivity index (χ0v) is 12.4. The number of aliphatic hydroxyl groups is 1. The number of alkyl halides is 3. The van der Waals surface area contributed by atoms with E-state index in [1.165, 1.54) is 12.3 Å². The number of hydrogen-bond acceptors (Lipinski definition) is 3. The topological polar surface area (TPSA) is 61.8 Å². The van der Waals surface area contributed by atoms with Crippen LogP contribution in [0.15, 0.2) is 24.5 Å². The monoisotopic (exact) mass is 313 g/mol. The standard InChI is InChI=1S/C15H18F3N3O/c1-3-4-9(2)13-11(8-20-21-13)14(22)12-6-5-10(7-19-12)15(16,17)18/h5-9,14,22H,3-4H2,1-2H3,(H,20,21). The highest BCUT2D eigenvalue weighted by atomic mass is 19.4. The van der Waals surface area contributed by atoms with Gasteiger partial charge in [0.1, 0.15) is 6.10 Å². The number of nitrogens with one attached hydrogen (secondary N) is 1. The van der Waals surface area contributed by atoms with Gasteiger partial charge in [-0.05, 0) is 24.5 Å². The molecule has 0 aliphatic heterocycles. The van der Waals surface area contributed by atoms with Crippen LogP contribution in [-0.2, 0) is 6.18 Å². The Bertz CT molecular complexity index is 607. The molecule has 0 saturated carbocycles. The number of aliphatic hydroxyl groups excluding tert-OH is 1. The van der Waals surface area contributed by atoms with Crippen LogP contribution in [0.1, 0.15) is 61.2 Å². The summed E-state index contributed by atoms with van der Waals surface area (Å²) in [5.74, 6) is 0.173. The van der Waals surface area contributed by atoms with Crippen molar-refractivity contribution in [2.75, 3.05) is 0 Å². The SMILES string of the molecule is CCCC(C)c1[nH]ncc1C(O)c1ccc(C(F)(F)F)cn1. The lowest BCUT2D eigenvalue weighted by Gasteiger charge is -2.15. The molecule has 0 spiro atoms. The summed E-state index contributed by atoms with van der Waals surface area (Å²) in [6.07, 6.45) is -1.42. The molecule has 2 rings (SSSR count). The predicted octanol–water partition coefficient (Wildman–Crippen LogP) is 3.81. The van der Waals surface area contributed by atoms with E-state index in [0.29, 0.717) is 5.56 Å². The van der Waals surface area contributed by atoms with E-state index < -0.39 is 17.8 Å². The molecule has 0 fully saturated rings. The normalized spacial score (nSPS) is 14.8. The van der Waals surface area contributed by atoms with Gasteiger partial charge < -0.3 is 5.11 Å². The van der Waals surface area contributed by atoms with E-state index in [9.17, 15) is 18.3 Å². The summed E-state index contributed by atoms with van der Waals surface area (Å²) in [6.45, 7) is 4.06. The highest BCUT2D eigenvalue weighted by molar-refractivity contribution is 5.30. The Morgan fingerprint density at radius 3 is 2.55 bits per heavy atom. The van der Waals surface area contributed by atoms with Gasteiger partial charge in [0.15, 0.2) is 0 Å². The van der Waals surface area contributed by atoms with E-state index in [1.54, 1.807) is 0 Å². The molecule has 2 N–H and O–H groups in total. The van der Waals surface area contributed by atoms with Crippen LogP contribution in [0.25, 0.3) is 0 Å². The first-order valence-corrected chi connectivity index (χ1v) is 7.09. The van der Waals surface area contributed by atoms with Crippen LogP contribution in [0.3, 0.4) is 0 Å². The number of nitrogens with zero attached hydrogens (tertiary/aromatic N) is 2. The summed E-state index contributed by atoms with van der Waals surface area (Å²) >= 11 is 0. The average Bonchev–Trinajstić information content (AvgIpc) is 2.95. The van der Waals surface area contributed by atoms with E-state index >= 15 is 0 Å². The molecule has 120 valence electrons. The molecular weight excluding hydrogens is 295 g/mol. The highest BCUT2D eigenvalue weighted by Crippen LogP contribution is 2.32. The lowest BCUT2D eigenvalue weighted by atomic mass is 9.95.